The third-order valence-corrected chi connectivity index (χ3v) is 4.16. The van der Waals surface area contributed by atoms with E-state index in [0.29, 0.717) is 4.47 Å². The van der Waals surface area contributed by atoms with E-state index in [1.54, 1.807) is 11.3 Å². The largest absolute Gasteiger partial charge is 0.310 e. The van der Waals surface area contributed by atoms with Crippen LogP contribution in [0.1, 0.15) is 24.1 Å². The average Bonchev–Trinajstić information content (AvgIpc) is 2.85. The van der Waals surface area contributed by atoms with Gasteiger partial charge in [-0.2, -0.15) is 11.3 Å². The summed E-state index contributed by atoms with van der Waals surface area (Å²) in [6.45, 7) is 2.98. The number of hydrogen-bond donors (Lipinski definition) is 1. The molecule has 0 radical (unpaired) electrons. The van der Waals surface area contributed by atoms with Crippen molar-refractivity contribution >= 4 is 27.3 Å². The van der Waals surface area contributed by atoms with Gasteiger partial charge in [0.2, 0.25) is 0 Å². The number of hydrogen-bond acceptors (Lipinski definition) is 2. The zero-order chi connectivity index (χ0) is 13.0. The van der Waals surface area contributed by atoms with E-state index in [1.807, 2.05) is 12.1 Å². The van der Waals surface area contributed by atoms with Crippen LogP contribution in [-0.4, -0.2) is 6.54 Å². The molecular weight excluding hydrogens is 313 g/mol. The first-order valence-electron chi connectivity index (χ1n) is 5.90. The molecule has 4 heteroatoms. The average molecular weight is 328 g/mol. The summed E-state index contributed by atoms with van der Waals surface area (Å²) in [7, 11) is 0. The molecule has 1 aromatic heterocycles. The molecular formula is C14H15BrFNS. The van der Waals surface area contributed by atoms with E-state index >= 15 is 0 Å². The number of thiophene rings is 1. The standard InChI is InChI=1S/C14H15BrFNS/c1-2-17-14(7-10-5-6-18-9-10)11-3-4-13(16)12(15)8-11/h3-6,8-9,14,17H,2,7H2,1H3. The smallest absolute Gasteiger partial charge is 0.137 e. The number of likely N-dealkylation sites (N-methyl/N-ethyl adjacent to an activating group) is 1. The molecule has 0 aliphatic rings. The summed E-state index contributed by atoms with van der Waals surface area (Å²) >= 11 is 4.95. The van der Waals surface area contributed by atoms with E-state index in [0.717, 1.165) is 18.5 Å². The van der Waals surface area contributed by atoms with Crippen LogP contribution in [-0.2, 0) is 6.42 Å². The highest BCUT2D eigenvalue weighted by molar-refractivity contribution is 9.10. The monoisotopic (exact) mass is 327 g/mol. The first-order valence-corrected chi connectivity index (χ1v) is 7.63. The highest BCUT2D eigenvalue weighted by Crippen LogP contribution is 2.24. The van der Waals surface area contributed by atoms with Crippen molar-refractivity contribution in [1.82, 2.24) is 5.32 Å². The Labute approximate surface area is 119 Å². The molecule has 0 aliphatic heterocycles. The number of benzene rings is 1. The van der Waals surface area contributed by atoms with Gasteiger partial charge in [-0.3, -0.25) is 0 Å². The highest BCUT2D eigenvalue weighted by atomic mass is 79.9. The molecule has 2 aromatic rings. The van der Waals surface area contributed by atoms with Gasteiger partial charge in [-0.1, -0.05) is 13.0 Å². The SMILES string of the molecule is CCNC(Cc1ccsc1)c1ccc(F)c(Br)c1. The second-order valence-electron chi connectivity index (χ2n) is 4.12. The predicted molar refractivity (Wildman–Crippen MR) is 78.5 cm³/mol. The lowest BCUT2D eigenvalue weighted by molar-refractivity contribution is 0.547. The van der Waals surface area contributed by atoms with Crippen molar-refractivity contribution in [2.45, 2.75) is 19.4 Å². The van der Waals surface area contributed by atoms with Crippen LogP contribution < -0.4 is 5.32 Å². The molecule has 0 saturated carbocycles. The Hall–Kier alpha value is -0.710. The van der Waals surface area contributed by atoms with E-state index in [1.165, 1.54) is 11.6 Å². The molecule has 1 atom stereocenters. The molecule has 1 heterocycles. The molecule has 1 N–H and O–H groups in total. The molecule has 18 heavy (non-hydrogen) atoms. The maximum atomic E-state index is 13.3. The summed E-state index contributed by atoms with van der Waals surface area (Å²) in [6, 6.07) is 7.57. The second-order valence-corrected chi connectivity index (χ2v) is 5.75. The summed E-state index contributed by atoms with van der Waals surface area (Å²) in [5, 5.41) is 7.68. The van der Waals surface area contributed by atoms with Gasteiger partial charge < -0.3 is 5.32 Å². The Morgan fingerprint density at radius 1 is 1.39 bits per heavy atom. The van der Waals surface area contributed by atoms with Crippen LogP contribution in [0.25, 0.3) is 0 Å². The van der Waals surface area contributed by atoms with Crippen molar-refractivity contribution in [2.75, 3.05) is 6.54 Å². The van der Waals surface area contributed by atoms with Gasteiger partial charge in [0.05, 0.1) is 4.47 Å². The maximum absolute atomic E-state index is 13.3. The van der Waals surface area contributed by atoms with Gasteiger partial charge in [0.25, 0.3) is 0 Å². The number of halogens is 2. The van der Waals surface area contributed by atoms with Crippen LogP contribution in [0.5, 0.6) is 0 Å². The van der Waals surface area contributed by atoms with Crippen LogP contribution in [0.15, 0.2) is 39.5 Å². The second kappa shape index (κ2) is 6.45. The normalized spacial score (nSPS) is 12.6. The van der Waals surface area contributed by atoms with Crippen LogP contribution in [0.3, 0.4) is 0 Å². The van der Waals surface area contributed by atoms with Crippen molar-refractivity contribution < 1.29 is 4.39 Å². The van der Waals surface area contributed by atoms with Gasteiger partial charge in [0, 0.05) is 6.04 Å². The van der Waals surface area contributed by atoms with Crippen molar-refractivity contribution in [1.29, 1.82) is 0 Å². The van der Waals surface area contributed by atoms with Crippen LogP contribution in [0.2, 0.25) is 0 Å². The maximum Gasteiger partial charge on any atom is 0.137 e. The minimum absolute atomic E-state index is 0.218. The predicted octanol–water partition coefficient (Wildman–Crippen LogP) is 4.54. The molecule has 1 nitrogen and oxygen atoms in total. The van der Waals surface area contributed by atoms with Gasteiger partial charge in [0.1, 0.15) is 5.82 Å². The van der Waals surface area contributed by atoms with Gasteiger partial charge >= 0.3 is 0 Å². The molecule has 96 valence electrons. The van der Waals surface area contributed by atoms with E-state index in [2.05, 4.69) is 45.0 Å². The van der Waals surface area contributed by atoms with E-state index in [9.17, 15) is 4.39 Å². The van der Waals surface area contributed by atoms with Crippen LogP contribution >= 0.6 is 27.3 Å². The molecule has 0 spiro atoms. The third-order valence-electron chi connectivity index (χ3n) is 2.82. The van der Waals surface area contributed by atoms with Crippen molar-refractivity contribution in [3.8, 4) is 0 Å². The van der Waals surface area contributed by atoms with Gasteiger partial charge in [-0.05, 0) is 69.0 Å². The van der Waals surface area contributed by atoms with E-state index < -0.39 is 0 Å². The van der Waals surface area contributed by atoms with E-state index in [4.69, 9.17) is 0 Å². The topological polar surface area (TPSA) is 12.0 Å². The molecule has 1 unspecified atom stereocenters. The lowest BCUT2D eigenvalue weighted by atomic mass is 10.0. The minimum Gasteiger partial charge on any atom is -0.310 e. The van der Waals surface area contributed by atoms with Gasteiger partial charge in [-0.25, -0.2) is 4.39 Å². The first-order chi connectivity index (χ1) is 8.70. The highest BCUT2D eigenvalue weighted by Gasteiger charge is 2.13. The van der Waals surface area contributed by atoms with Gasteiger partial charge in [0.15, 0.2) is 0 Å². The van der Waals surface area contributed by atoms with E-state index in [-0.39, 0.29) is 11.9 Å². The fraction of sp³-hybridized carbons (Fsp3) is 0.286. The van der Waals surface area contributed by atoms with Crippen LogP contribution in [0.4, 0.5) is 4.39 Å². The fourth-order valence-electron chi connectivity index (χ4n) is 1.93. The Kier molecular flexibility index (Phi) is 4.92. The molecule has 0 amide bonds. The molecule has 0 bridgehead atoms. The fourth-order valence-corrected chi connectivity index (χ4v) is 3.01. The number of nitrogens with one attached hydrogen (secondary N) is 1. The third kappa shape index (κ3) is 3.40. The van der Waals surface area contributed by atoms with Crippen molar-refractivity contribution in [3.63, 3.8) is 0 Å². The van der Waals surface area contributed by atoms with Crippen molar-refractivity contribution in [3.05, 3.63) is 56.4 Å². The Balaban J connectivity index is 2.20. The summed E-state index contributed by atoms with van der Waals surface area (Å²) in [4.78, 5) is 0. The Morgan fingerprint density at radius 3 is 2.83 bits per heavy atom. The minimum atomic E-state index is -0.218. The molecule has 0 saturated heterocycles. The molecule has 0 aliphatic carbocycles. The quantitative estimate of drug-likeness (QED) is 0.849. The summed E-state index contributed by atoms with van der Waals surface area (Å²) in [5.41, 5.74) is 2.42. The summed E-state index contributed by atoms with van der Waals surface area (Å²) in [6.07, 6.45) is 0.926. The Bertz CT molecular complexity index is 499. The molecule has 2 rings (SSSR count). The first kappa shape index (κ1) is 13.7. The van der Waals surface area contributed by atoms with Crippen molar-refractivity contribution in [2.24, 2.45) is 0 Å². The van der Waals surface area contributed by atoms with Gasteiger partial charge in [-0.15, -0.1) is 0 Å². The summed E-state index contributed by atoms with van der Waals surface area (Å²) in [5.74, 6) is -0.218. The number of rotatable bonds is 5. The van der Waals surface area contributed by atoms with Crippen LogP contribution in [0, 0.1) is 5.82 Å². The lowest BCUT2D eigenvalue weighted by Crippen LogP contribution is -2.22. The molecule has 1 aromatic carbocycles. The lowest BCUT2D eigenvalue weighted by Gasteiger charge is -2.18. The molecule has 0 fully saturated rings. The zero-order valence-corrected chi connectivity index (χ0v) is 12.5. The summed E-state index contributed by atoms with van der Waals surface area (Å²) < 4.78 is 13.8. The zero-order valence-electron chi connectivity index (χ0n) is 10.1. The Morgan fingerprint density at radius 2 is 2.22 bits per heavy atom.